The maximum absolute atomic E-state index is 14.2. The van der Waals surface area contributed by atoms with Crippen LogP contribution in [0.2, 0.25) is 0 Å². The highest BCUT2D eigenvalue weighted by molar-refractivity contribution is 5.92. The van der Waals surface area contributed by atoms with Crippen molar-refractivity contribution < 1.29 is 47.9 Å². The fourth-order valence-electron chi connectivity index (χ4n) is 9.21. The number of carbonyl (C=O) groups excluding carboxylic acids is 10. The van der Waals surface area contributed by atoms with E-state index < -0.39 is 78.0 Å². The van der Waals surface area contributed by atoms with E-state index in [1.165, 1.54) is 19.6 Å². The third-order valence-corrected chi connectivity index (χ3v) is 13.9. The van der Waals surface area contributed by atoms with Crippen molar-refractivity contribution in [3.05, 3.63) is 0 Å². The maximum Gasteiger partial charge on any atom is 0.242 e. The lowest BCUT2D eigenvalue weighted by atomic mass is 10.0. The summed E-state index contributed by atoms with van der Waals surface area (Å²) in [4.78, 5) is 140. The van der Waals surface area contributed by atoms with Crippen LogP contribution in [0, 0.1) is 16.2 Å². The minimum Gasteiger partial charge on any atom is -0.370 e. The largest absolute Gasteiger partial charge is 0.370 e. The molecule has 0 aliphatic rings. The van der Waals surface area contributed by atoms with E-state index in [9.17, 15) is 47.9 Å². The number of Topliss-reactive ketones (excluding diaryl/α,β-unsaturated/α-hetero) is 2. The zero-order valence-corrected chi connectivity index (χ0v) is 51.4. The molecule has 0 aromatic carbocycles. The van der Waals surface area contributed by atoms with Gasteiger partial charge in [0.15, 0.2) is 29.4 Å². The van der Waals surface area contributed by atoms with Crippen molar-refractivity contribution in [2.45, 2.75) is 161 Å². The van der Waals surface area contributed by atoms with Crippen LogP contribution in [0.5, 0.6) is 0 Å². The van der Waals surface area contributed by atoms with Gasteiger partial charge in [-0.15, -0.1) is 0 Å². The Kier molecular flexibility index (Phi) is 43.0. The number of unbranched alkanes of at least 4 members (excludes halogenated alkanes) is 2. The summed E-state index contributed by atoms with van der Waals surface area (Å²) in [5.74, 6) is -5.36. The third kappa shape index (κ3) is 34.0. The van der Waals surface area contributed by atoms with Gasteiger partial charge in [0.1, 0.15) is 6.04 Å². The lowest BCUT2D eigenvalue weighted by molar-refractivity contribution is -0.141. The average Bonchev–Trinajstić information content (AvgIpc) is 2.91. The van der Waals surface area contributed by atoms with Crippen LogP contribution in [0.3, 0.4) is 0 Å². The molecule has 0 fully saturated rings. The maximum atomic E-state index is 14.2. The van der Waals surface area contributed by atoms with E-state index in [-0.39, 0.29) is 172 Å². The van der Waals surface area contributed by atoms with Gasteiger partial charge in [0.2, 0.25) is 47.3 Å². The van der Waals surface area contributed by atoms with Crippen molar-refractivity contribution in [2.24, 2.45) is 40.1 Å². The quantitative estimate of drug-likeness (QED) is 0.0154. The molecule has 0 heterocycles. The molecule has 0 aliphatic carbocycles. The number of hydrogen-bond donors (Lipinski definition) is 18. The molecule has 0 spiro atoms. The first kappa shape index (κ1) is 78.7. The first-order chi connectivity index (χ1) is 40.9. The molecule has 5 atom stereocenters. The Morgan fingerprint density at radius 1 is 0.430 bits per heavy atom. The highest BCUT2D eigenvalue weighted by Crippen LogP contribution is 2.14. The molecule has 32 nitrogen and oxygen atoms in total. The molecule has 492 valence electrons. The first-order valence-electron chi connectivity index (χ1n) is 30.1. The van der Waals surface area contributed by atoms with Crippen LogP contribution in [0.1, 0.15) is 130 Å². The summed E-state index contributed by atoms with van der Waals surface area (Å²) in [6.45, 7) is 6.65. The topological polar surface area (TPSA) is 534 Å². The summed E-state index contributed by atoms with van der Waals surface area (Å²) in [5, 5.41) is 44.9. The zero-order valence-electron chi connectivity index (χ0n) is 51.4. The molecule has 0 rings (SSSR count). The number of amides is 8. The molecule has 0 bridgehead atoms. The van der Waals surface area contributed by atoms with Crippen molar-refractivity contribution in [3.8, 4) is 0 Å². The molecule has 0 radical (unpaired) electrons. The molecule has 0 aliphatic heterocycles. The van der Waals surface area contributed by atoms with Gasteiger partial charge in [0.25, 0.3) is 0 Å². The normalized spacial score (nSPS) is 12.6. The lowest BCUT2D eigenvalue weighted by Crippen LogP contribution is -2.54. The Morgan fingerprint density at radius 3 is 1.29 bits per heavy atom. The van der Waals surface area contributed by atoms with E-state index in [0.29, 0.717) is 64.5 Å². The Labute approximate surface area is 507 Å². The van der Waals surface area contributed by atoms with E-state index in [2.05, 4.69) is 42.5 Å². The number of primary amides is 1. The van der Waals surface area contributed by atoms with Crippen LogP contribution < -0.4 is 82.7 Å². The summed E-state index contributed by atoms with van der Waals surface area (Å²) in [7, 11) is 0. The van der Waals surface area contributed by atoms with Gasteiger partial charge < -0.3 is 97.0 Å². The number of nitrogens with two attached hydrogens (primary N) is 7. The smallest absolute Gasteiger partial charge is 0.242 e. The van der Waals surface area contributed by atoms with Crippen molar-refractivity contribution >= 4 is 76.7 Å². The Bertz CT molecular complexity index is 2140. The number of ketones is 2. The number of rotatable bonds is 51. The van der Waals surface area contributed by atoms with Gasteiger partial charge in [0.05, 0.1) is 43.8 Å². The highest BCUT2D eigenvalue weighted by Gasteiger charge is 2.33. The molecule has 0 unspecified atom stereocenters. The minimum atomic E-state index is -1.08. The van der Waals surface area contributed by atoms with Crippen molar-refractivity contribution in [3.63, 3.8) is 0 Å². The fourth-order valence-corrected chi connectivity index (χ4v) is 9.21. The first-order valence-corrected chi connectivity index (χ1v) is 30.1. The second-order valence-corrected chi connectivity index (χ2v) is 20.5. The van der Waals surface area contributed by atoms with Crippen molar-refractivity contribution in [1.29, 1.82) is 16.2 Å². The molecule has 8 amide bonds. The second kappa shape index (κ2) is 46.9. The summed E-state index contributed by atoms with van der Waals surface area (Å²) in [6.07, 6.45) is 4.92. The van der Waals surface area contributed by atoms with Crippen LogP contribution in [0.25, 0.3) is 0 Å². The predicted molar refractivity (Wildman–Crippen MR) is 328 cm³/mol. The van der Waals surface area contributed by atoms with Gasteiger partial charge >= 0.3 is 0 Å². The number of guanidine groups is 3. The average molecular weight is 1220 g/mol. The molecule has 32 heteroatoms. The number of nitrogens with one attached hydrogen (secondary N) is 11. The Morgan fingerprint density at radius 2 is 0.837 bits per heavy atom. The van der Waals surface area contributed by atoms with E-state index in [1.54, 1.807) is 27.7 Å². The van der Waals surface area contributed by atoms with Gasteiger partial charge in [0, 0.05) is 97.7 Å². The molecular weight excluding hydrogens is 1120 g/mol. The Hall–Kier alpha value is -7.29. The van der Waals surface area contributed by atoms with E-state index in [1.807, 2.05) is 0 Å². The van der Waals surface area contributed by atoms with Crippen LogP contribution in [-0.4, -0.2) is 231 Å². The van der Waals surface area contributed by atoms with Gasteiger partial charge in [-0.1, -0.05) is 40.5 Å². The fraction of sp³-hybridized carbons (Fsp3) is 0.759. The van der Waals surface area contributed by atoms with E-state index >= 15 is 0 Å². The van der Waals surface area contributed by atoms with E-state index in [4.69, 9.17) is 56.4 Å². The van der Waals surface area contributed by atoms with Gasteiger partial charge in [-0.25, -0.2) is 0 Å². The monoisotopic (exact) mass is 1220 g/mol. The summed E-state index contributed by atoms with van der Waals surface area (Å²) < 4.78 is 0. The zero-order chi connectivity index (χ0) is 65.0. The van der Waals surface area contributed by atoms with Crippen LogP contribution in [-0.2, 0) is 47.9 Å². The predicted octanol–water partition coefficient (Wildman–Crippen LogP) is -5.06. The van der Waals surface area contributed by atoms with Gasteiger partial charge in [-0.2, -0.15) is 0 Å². The minimum absolute atomic E-state index is 0.00567. The molecular formula is C54H106N22O10. The van der Waals surface area contributed by atoms with Crippen LogP contribution in [0.15, 0.2) is 0 Å². The Balaban J connectivity index is 6.32. The number of hydrogen-bond acceptors (Lipinski definition) is 18. The molecule has 25 N–H and O–H groups in total. The third-order valence-electron chi connectivity index (χ3n) is 13.9. The lowest BCUT2D eigenvalue weighted by Gasteiger charge is -2.32. The van der Waals surface area contributed by atoms with Crippen LogP contribution in [0.4, 0.5) is 0 Å². The second-order valence-electron chi connectivity index (χ2n) is 20.5. The number of carbonyl (C=O) groups is 10. The molecule has 0 aromatic heterocycles. The molecule has 0 saturated carbocycles. The van der Waals surface area contributed by atoms with Crippen molar-refractivity contribution in [1.82, 2.24) is 62.1 Å². The summed E-state index contributed by atoms with van der Waals surface area (Å²) in [5.41, 5.74) is 39.3. The van der Waals surface area contributed by atoms with Gasteiger partial charge in [-0.3, -0.25) is 69.5 Å². The molecule has 86 heavy (non-hydrogen) atoms. The van der Waals surface area contributed by atoms with Gasteiger partial charge in [-0.05, 0) is 77.3 Å². The standard InChI is InChI=1S/C54H106N22O10/c1-5-45(80)73(36-44(79)66-28-32-74(46(81)6-2)40(19-14-24-70-53(61)62)43(78)35-72-38(49(58)84)17-10-12-22-56)30-27-68-51(86)41(20-15-25-71-54(63)64)76(48(83)8-4)31-26-65-34-42(77)39(18-13-23-69-52(59)60)75(47(82)7-3)33-29-67-50(85)37(57)16-9-11-21-55/h37-41,65,72H,5-36,55-57H2,1-4H3,(H2,58,84)(H,66,79)(H,67,85)(H,68,86)(H4,59,60,69)(H4,61,62,70)(H4,63,64,71)/t37-,38-,39-,40-,41-/m0/s1. The SMILES string of the molecule is CCC(=O)N(CCNC(=O)[C@H](CCCNC(=N)N)N(CCNCC(=O)[C@H](CCCNC(=N)N)N(CCNC(=O)[C@@H](N)CCCCN)C(=O)CC)C(=O)CC)CC(=O)NCCN(C(=O)CC)[C@@H](CCCNC(=N)N)C(=O)CN[C@@H](CCCCN)C(N)=O. The molecule has 0 aromatic rings. The van der Waals surface area contributed by atoms with Crippen LogP contribution >= 0.6 is 0 Å². The number of nitrogens with zero attached hydrogens (tertiary/aromatic N) is 4. The highest BCUT2D eigenvalue weighted by atomic mass is 16.2. The summed E-state index contributed by atoms with van der Waals surface area (Å²) >= 11 is 0. The van der Waals surface area contributed by atoms with Crippen molar-refractivity contribution in [2.75, 3.05) is 105 Å². The molecule has 0 saturated heterocycles. The summed E-state index contributed by atoms with van der Waals surface area (Å²) in [6, 6.07) is -4.61. The van der Waals surface area contributed by atoms with E-state index in [0.717, 1.165) is 0 Å².